The van der Waals surface area contributed by atoms with Gasteiger partial charge in [0.2, 0.25) is 0 Å². The number of hydrogen-bond donors (Lipinski definition) is 1. The largest absolute Gasteiger partial charge is 0.496 e. The van der Waals surface area contributed by atoms with E-state index in [2.05, 4.69) is 0 Å². The van der Waals surface area contributed by atoms with Crippen LogP contribution in [0.3, 0.4) is 0 Å². The molecule has 0 aliphatic rings. The van der Waals surface area contributed by atoms with Crippen LogP contribution in [0.15, 0.2) is 54.6 Å². The van der Waals surface area contributed by atoms with Crippen molar-refractivity contribution in [2.45, 2.75) is 26.9 Å². The Kier molecular flexibility index (Phi) is 7.10. The van der Waals surface area contributed by atoms with E-state index < -0.39 is 12.6 Å². The topological polar surface area (TPSA) is 95.0 Å². The molecule has 0 aliphatic carbocycles. The molecule has 0 amide bonds. The first-order chi connectivity index (χ1) is 15.3. The summed E-state index contributed by atoms with van der Waals surface area (Å²) in [6.07, 6.45) is -0.335. The fourth-order valence-corrected chi connectivity index (χ4v) is 3.24. The standard InChI is InChI=1S/C25H25NO6/c1-15-12-19(9-11-23(15)31-14-25(28)29)32-17(3)21-6-5-7-22(26-21)18-8-10-20(16(2)27)24(13-18)30-4/h5-13,17H,14H2,1-4H3,(H,28,29). The summed E-state index contributed by atoms with van der Waals surface area (Å²) in [5.41, 5.74) is 3.60. The zero-order chi connectivity index (χ0) is 23.3. The van der Waals surface area contributed by atoms with E-state index in [0.29, 0.717) is 22.8 Å². The quantitative estimate of drug-likeness (QED) is 0.479. The molecule has 0 aliphatic heterocycles. The van der Waals surface area contributed by atoms with E-state index in [1.807, 2.05) is 38.1 Å². The van der Waals surface area contributed by atoms with Crippen molar-refractivity contribution in [2.75, 3.05) is 13.7 Å². The monoisotopic (exact) mass is 435 g/mol. The summed E-state index contributed by atoms with van der Waals surface area (Å²) in [5, 5.41) is 8.76. The van der Waals surface area contributed by atoms with Crippen LogP contribution >= 0.6 is 0 Å². The van der Waals surface area contributed by atoms with Crippen molar-refractivity contribution in [3.05, 3.63) is 71.4 Å². The normalized spacial score (nSPS) is 11.5. The van der Waals surface area contributed by atoms with Crippen LogP contribution in [0.5, 0.6) is 17.2 Å². The SMILES string of the molecule is COc1cc(-c2cccc(C(C)Oc3ccc(OCC(=O)O)c(C)c3)n2)ccc1C(C)=O. The van der Waals surface area contributed by atoms with Gasteiger partial charge < -0.3 is 19.3 Å². The minimum Gasteiger partial charge on any atom is -0.496 e. The lowest BCUT2D eigenvalue weighted by atomic mass is 10.0. The van der Waals surface area contributed by atoms with Crippen molar-refractivity contribution >= 4 is 11.8 Å². The predicted molar refractivity (Wildman–Crippen MR) is 120 cm³/mol. The molecular formula is C25H25NO6. The van der Waals surface area contributed by atoms with Gasteiger partial charge in [-0.25, -0.2) is 9.78 Å². The molecular weight excluding hydrogens is 410 g/mol. The van der Waals surface area contributed by atoms with E-state index in [4.69, 9.17) is 24.3 Å². The smallest absolute Gasteiger partial charge is 0.341 e. The van der Waals surface area contributed by atoms with Gasteiger partial charge in [0.1, 0.15) is 23.4 Å². The second kappa shape index (κ2) is 9.96. The first kappa shape index (κ1) is 22.8. The molecule has 0 bridgehead atoms. The molecule has 3 rings (SSSR count). The highest BCUT2D eigenvalue weighted by Gasteiger charge is 2.14. The van der Waals surface area contributed by atoms with Crippen LogP contribution in [-0.4, -0.2) is 35.6 Å². The number of carboxylic acid groups (broad SMARTS) is 1. The number of rotatable bonds is 9. The number of benzene rings is 2. The maximum Gasteiger partial charge on any atom is 0.341 e. The molecule has 1 unspecified atom stereocenters. The van der Waals surface area contributed by atoms with E-state index in [9.17, 15) is 9.59 Å². The fraction of sp³-hybridized carbons (Fsp3) is 0.240. The number of carboxylic acids is 1. The Morgan fingerprint density at radius 3 is 2.50 bits per heavy atom. The Balaban J connectivity index is 1.79. The number of Topliss-reactive ketones (excluding diaryl/α,β-unsaturated/α-hetero) is 1. The molecule has 1 aromatic heterocycles. The molecule has 32 heavy (non-hydrogen) atoms. The number of ketones is 1. The summed E-state index contributed by atoms with van der Waals surface area (Å²) >= 11 is 0. The molecule has 0 radical (unpaired) electrons. The number of nitrogens with zero attached hydrogens (tertiary/aromatic N) is 1. The minimum absolute atomic E-state index is 0.0631. The van der Waals surface area contributed by atoms with Gasteiger partial charge in [-0.2, -0.15) is 0 Å². The van der Waals surface area contributed by atoms with Gasteiger partial charge in [-0.3, -0.25) is 4.79 Å². The number of methoxy groups -OCH3 is 1. The van der Waals surface area contributed by atoms with Crippen LogP contribution in [0, 0.1) is 6.92 Å². The van der Waals surface area contributed by atoms with Crippen LogP contribution in [0.2, 0.25) is 0 Å². The molecule has 1 N–H and O–H groups in total. The van der Waals surface area contributed by atoms with Crippen molar-refractivity contribution < 1.29 is 28.9 Å². The van der Waals surface area contributed by atoms with Crippen molar-refractivity contribution in [2.24, 2.45) is 0 Å². The molecule has 0 saturated carbocycles. The lowest BCUT2D eigenvalue weighted by Gasteiger charge is -2.17. The molecule has 2 aromatic carbocycles. The third-order valence-corrected chi connectivity index (χ3v) is 4.87. The second-order valence-corrected chi connectivity index (χ2v) is 7.29. The Morgan fingerprint density at radius 1 is 1.06 bits per heavy atom. The number of aromatic nitrogens is 1. The molecule has 7 heteroatoms. The van der Waals surface area contributed by atoms with Gasteiger partial charge in [0.05, 0.1) is 24.1 Å². The summed E-state index contributed by atoms with van der Waals surface area (Å²) in [7, 11) is 1.53. The third-order valence-electron chi connectivity index (χ3n) is 4.87. The van der Waals surface area contributed by atoms with Crippen molar-refractivity contribution in [1.29, 1.82) is 0 Å². The molecule has 0 spiro atoms. The van der Waals surface area contributed by atoms with Gasteiger partial charge in [0.25, 0.3) is 0 Å². The summed E-state index contributed by atoms with van der Waals surface area (Å²) < 4.78 is 16.7. The first-order valence-corrected chi connectivity index (χ1v) is 10.1. The van der Waals surface area contributed by atoms with Crippen molar-refractivity contribution in [1.82, 2.24) is 4.98 Å². The van der Waals surface area contributed by atoms with Gasteiger partial charge in [0.15, 0.2) is 12.4 Å². The highest BCUT2D eigenvalue weighted by atomic mass is 16.5. The van der Waals surface area contributed by atoms with Crippen LogP contribution in [0.1, 0.15) is 41.6 Å². The van der Waals surface area contributed by atoms with E-state index in [-0.39, 0.29) is 11.9 Å². The first-order valence-electron chi connectivity index (χ1n) is 10.1. The highest BCUT2D eigenvalue weighted by molar-refractivity contribution is 5.97. The number of aryl methyl sites for hydroxylation is 1. The lowest BCUT2D eigenvalue weighted by Crippen LogP contribution is -2.10. The number of aliphatic carboxylic acids is 1. The third kappa shape index (κ3) is 5.43. The number of carbonyl (C=O) groups excluding carboxylic acids is 1. The Hall–Kier alpha value is -3.87. The summed E-state index contributed by atoms with van der Waals surface area (Å²) in [4.78, 5) is 27.2. The average molecular weight is 435 g/mol. The lowest BCUT2D eigenvalue weighted by molar-refractivity contribution is -0.139. The van der Waals surface area contributed by atoms with Crippen molar-refractivity contribution in [3.63, 3.8) is 0 Å². The average Bonchev–Trinajstić information content (AvgIpc) is 2.78. The van der Waals surface area contributed by atoms with Crippen LogP contribution in [-0.2, 0) is 4.79 Å². The van der Waals surface area contributed by atoms with Gasteiger partial charge in [0, 0.05) is 5.56 Å². The number of hydrogen-bond acceptors (Lipinski definition) is 6. The molecule has 7 nitrogen and oxygen atoms in total. The van der Waals surface area contributed by atoms with E-state index in [0.717, 1.165) is 22.5 Å². The van der Waals surface area contributed by atoms with Crippen LogP contribution in [0.4, 0.5) is 0 Å². The Labute approximate surface area is 186 Å². The molecule has 1 heterocycles. The minimum atomic E-state index is -1.03. The van der Waals surface area contributed by atoms with E-state index in [1.54, 1.807) is 30.3 Å². The van der Waals surface area contributed by atoms with Gasteiger partial charge in [-0.15, -0.1) is 0 Å². The van der Waals surface area contributed by atoms with Crippen molar-refractivity contribution in [3.8, 4) is 28.5 Å². The van der Waals surface area contributed by atoms with Crippen LogP contribution in [0.25, 0.3) is 11.3 Å². The fourth-order valence-electron chi connectivity index (χ4n) is 3.24. The zero-order valence-corrected chi connectivity index (χ0v) is 18.4. The Morgan fingerprint density at radius 2 is 1.84 bits per heavy atom. The van der Waals surface area contributed by atoms with Crippen LogP contribution < -0.4 is 14.2 Å². The summed E-state index contributed by atoms with van der Waals surface area (Å²) in [5.74, 6) is 0.532. The summed E-state index contributed by atoms with van der Waals surface area (Å²) in [6.45, 7) is 4.83. The van der Waals surface area contributed by atoms with Gasteiger partial charge in [-0.1, -0.05) is 12.1 Å². The molecule has 0 saturated heterocycles. The molecule has 0 fully saturated rings. The number of ether oxygens (including phenoxy) is 3. The van der Waals surface area contributed by atoms with E-state index in [1.165, 1.54) is 14.0 Å². The summed E-state index contributed by atoms with van der Waals surface area (Å²) in [6, 6.07) is 16.3. The second-order valence-electron chi connectivity index (χ2n) is 7.29. The van der Waals surface area contributed by atoms with E-state index >= 15 is 0 Å². The number of carbonyl (C=O) groups is 2. The maximum atomic E-state index is 11.8. The molecule has 3 aromatic rings. The molecule has 1 atom stereocenters. The highest BCUT2D eigenvalue weighted by Crippen LogP contribution is 2.30. The maximum absolute atomic E-state index is 11.8. The Bertz CT molecular complexity index is 1140. The predicted octanol–water partition coefficient (Wildman–Crippen LogP) is 4.87. The van der Waals surface area contributed by atoms with Gasteiger partial charge in [-0.05, 0) is 68.8 Å². The van der Waals surface area contributed by atoms with Gasteiger partial charge >= 0.3 is 5.97 Å². The zero-order valence-electron chi connectivity index (χ0n) is 18.4. The number of pyridine rings is 1. The molecule has 166 valence electrons.